The zero-order chi connectivity index (χ0) is 14.8. The molecule has 1 amide bonds. The molecule has 21 heavy (non-hydrogen) atoms. The molecule has 3 aromatic rings. The second-order valence-electron chi connectivity index (χ2n) is 4.69. The summed E-state index contributed by atoms with van der Waals surface area (Å²) in [5.41, 5.74) is 2.12. The van der Waals surface area contributed by atoms with Crippen molar-refractivity contribution in [3.63, 3.8) is 0 Å². The van der Waals surface area contributed by atoms with E-state index in [1.54, 1.807) is 0 Å². The molecule has 0 aliphatic heterocycles. The van der Waals surface area contributed by atoms with Gasteiger partial charge in [0.15, 0.2) is 5.82 Å². The molecular weight excluding hydrogens is 282 g/mol. The van der Waals surface area contributed by atoms with Crippen LogP contribution >= 0.6 is 11.3 Å². The Balaban J connectivity index is 2.06. The highest BCUT2D eigenvalue weighted by atomic mass is 32.1. The quantitative estimate of drug-likeness (QED) is 0.801. The fraction of sp³-hybridized carbons (Fsp3) is 0.250. The van der Waals surface area contributed by atoms with E-state index in [1.807, 2.05) is 37.3 Å². The Kier molecular flexibility index (Phi) is 3.75. The van der Waals surface area contributed by atoms with Crippen molar-refractivity contribution >= 4 is 28.3 Å². The van der Waals surface area contributed by atoms with Crippen LogP contribution in [0.2, 0.25) is 0 Å². The van der Waals surface area contributed by atoms with Crippen molar-refractivity contribution in [2.75, 3.05) is 6.54 Å². The highest BCUT2D eigenvalue weighted by Gasteiger charge is 2.15. The Labute approximate surface area is 127 Å². The minimum Gasteiger partial charge on any atom is -0.352 e. The van der Waals surface area contributed by atoms with Crippen molar-refractivity contribution < 1.29 is 4.79 Å². The number of benzene rings is 1. The van der Waals surface area contributed by atoms with Crippen LogP contribution in [0.15, 0.2) is 36.4 Å². The average Bonchev–Trinajstić information content (AvgIpc) is 3.11. The number of hydrogen-bond acceptors (Lipinski definition) is 3. The number of aromatic nitrogens is 2. The summed E-state index contributed by atoms with van der Waals surface area (Å²) < 4.78 is 2.18. The summed E-state index contributed by atoms with van der Waals surface area (Å²) in [4.78, 5) is 18.3. The van der Waals surface area contributed by atoms with Crippen LogP contribution in [0.5, 0.6) is 0 Å². The molecule has 0 atom stereocenters. The van der Waals surface area contributed by atoms with Gasteiger partial charge in [-0.05, 0) is 38.1 Å². The third-order valence-electron chi connectivity index (χ3n) is 3.36. The lowest BCUT2D eigenvalue weighted by Gasteiger charge is -2.03. The zero-order valence-electron chi connectivity index (χ0n) is 12.1. The number of para-hydroxylation sites is 2. The van der Waals surface area contributed by atoms with Gasteiger partial charge in [-0.2, -0.15) is 0 Å². The third kappa shape index (κ3) is 2.45. The number of rotatable bonds is 4. The average molecular weight is 299 g/mol. The molecule has 3 rings (SSSR count). The Morgan fingerprint density at radius 1 is 1.24 bits per heavy atom. The van der Waals surface area contributed by atoms with E-state index in [-0.39, 0.29) is 5.91 Å². The van der Waals surface area contributed by atoms with Gasteiger partial charge in [-0.3, -0.25) is 4.79 Å². The molecule has 0 spiro atoms. The minimum absolute atomic E-state index is 0.0205. The molecule has 108 valence electrons. The monoisotopic (exact) mass is 299 g/mol. The number of carbonyl (C=O) groups is 1. The smallest absolute Gasteiger partial charge is 0.261 e. The normalized spacial score (nSPS) is 11.0. The summed E-state index contributed by atoms with van der Waals surface area (Å²) in [6.07, 6.45) is 0. The summed E-state index contributed by atoms with van der Waals surface area (Å²) in [6.45, 7) is 5.52. The molecule has 0 radical (unpaired) electrons. The minimum atomic E-state index is -0.0205. The van der Waals surface area contributed by atoms with Crippen LogP contribution in [-0.2, 0) is 6.54 Å². The van der Waals surface area contributed by atoms with Crippen molar-refractivity contribution in [2.45, 2.75) is 20.4 Å². The standard InChI is InChI=1S/C16H17N3OS/c1-3-17-16(20)14-10-9-13(21-14)15-18-11-7-5-6-8-12(11)19(15)4-2/h5-10H,3-4H2,1-2H3,(H,17,20). The van der Waals surface area contributed by atoms with Crippen LogP contribution in [0.4, 0.5) is 0 Å². The maximum atomic E-state index is 11.9. The Morgan fingerprint density at radius 3 is 2.81 bits per heavy atom. The molecule has 0 aliphatic carbocycles. The number of carbonyl (C=O) groups excluding carboxylic acids is 1. The van der Waals surface area contributed by atoms with Crippen LogP contribution in [0.25, 0.3) is 21.7 Å². The van der Waals surface area contributed by atoms with E-state index in [2.05, 4.69) is 22.9 Å². The molecule has 0 saturated carbocycles. The number of thiophene rings is 1. The lowest BCUT2D eigenvalue weighted by molar-refractivity contribution is 0.0960. The van der Waals surface area contributed by atoms with Crippen molar-refractivity contribution in [2.24, 2.45) is 0 Å². The Bertz CT molecular complexity index is 788. The van der Waals surface area contributed by atoms with E-state index < -0.39 is 0 Å². The predicted molar refractivity (Wildman–Crippen MR) is 86.7 cm³/mol. The van der Waals surface area contributed by atoms with Crippen molar-refractivity contribution in [3.8, 4) is 10.7 Å². The second-order valence-corrected chi connectivity index (χ2v) is 5.78. The highest BCUT2D eigenvalue weighted by Crippen LogP contribution is 2.30. The summed E-state index contributed by atoms with van der Waals surface area (Å²) in [7, 11) is 0. The topological polar surface area (TPSA) is 46.9 Å². The Hall–Kier alpha value is -2.14. The number of fused-ring (bicyclic) bond motifs is 1. The maximum absolute atomic E-state index is 11.9. The number of aryl methyl sites for hydroxylation is 1. The van der Waals surface area contributed by atoms with Gasteiger partial charge in [-0.1, -0.05) is 12.1 Å². The van der Waals surface area contributed by atoms with Gasteiger partial charge in [0.1, 0.15) is 0 Å². The van der Waals surface area contributed by atoms with Gasteiger partial charge >= 0.3 is 0 Å². The number of nitrogens with zero attached hydrogens (tertiary/aromatic N) is 2. The fourth-order valence-corrected chi connectivity index (χ4v) is 3.33. The lowest BCUT2D eigenvalue weighted by Crippen LogP contribution is -2.21. The van der Waals surface area contributed by atoms with E-state index in [4.69, 9.17) is 4.98 Å². The van der Waals surface area contributed by atoms with Gasteiger partial charge in [0, 0.05) is 13.1 Å². The number of nitrogens with one attached hydrogen (secondary N) is 1. The number of hydrogen-bond donors (Lipinski definition) is 1. The summed E-state index contributed by atoms with van der Waals surface area (Å²) in [5.74, 6) is 0.909. The largest absolute Gasteiger partial charge is 0.352 e. The van der Waals surface area contributed by atoms with E-state index in [0.29, 0.717) is 6.54 Å². The Morgan fingerprint density at radius 2 is 2.05 bits per heavy atom. The predicted octanol–water partition coefficient (Wildman–Crippen LogP) is 3.53. The van der Waals surface area contributed by atoms with Crippen LogP contribution in [0.1, 0.15) is 23.5 Å². The van der Waals surface area contributed by atoms with Crippen LogP contribution < -0.4 is 5.32 Å². The van der Waals surface area contributed by atoms with E-state index >= 15 is 0 Å². The number of imidazole rings is 1. The molecule has 0 unspecified atom stereocenters. The van der Waals surface area contributed by atoms with Gasteiger partial charge < -0.3 is 9.88 Å². The summed E-state index contributed by atoms with van der Waals surface area (Å²) in [5, 5.41) is 2.83. The highest BCUT2D eigenvalue weighted by molar-refractivity contribution is 7.17. The molecule has 4 nitrogen and oxygen atoms in total. The lowest BCUT2D eigenvalue weighted by atomic mass is 10.3. The number of amides is 1. The van der Waals surface area contributed by atoms with Crippen LogP contribution in [-0.4, -0.2) is 22.0 Å². The van der Waals surface area contributed by atoms with Gasteiger partial charge in [-0.15, -0.1) is 11.3 Å². The maximum Gasteiger partial charge on any atom is 0.261 e. The van der Waals surface area contributed by atoms with Crippen LogP contribution in [0, 0.1) is 0 Å². The van der Waals surface area contributed by atoms with Crippen molar-refractivity contribution in [3.05, 3.63) is 41.3 Å². The first kappa shape index (κ1) is 13.8. The van der Waals surface area contributed by atoms with Gasteiger partial charge in [0.2, 0.25) is 0 Å². The SMILES string of the molecule is CCNC(=O)c1ccc(-c2nc3ccccc3n2CC)s1. The van der Waals surface area contributed by atoms with E-state index in [9.17, 15) is 4.79 Å². The molecule has 5 heteroatoms. The zero-order valence-corrected chi connectivity index (χ0v) is 12.9. The first-order valence-corrected chi connectivity index (χ1v) is 7.90. The summed E-state index contributed by atoms with van der Waals surface area (Å²) >= 11 is 1.48. The molecule has 1 aromatic carbocycles. The molecule has 2 aromatic heterocycles. The first-order valence-electron chi connectivity index (χ1n) is 7.08. The van der Waals surface area contributed by atoms with Gasteiger partial charge in [-0.25, -0.2) is 4.98 Å². The molecule has 0 aliphatic rings. The molecule has 1 N–H and O–H groups in total. The summed E-state index contributed by atoms with van der Waals surface area (Å²) in [6, 6.07) is 12.0. The molecular formula is C16H17N3OS. The first-order chi connectivity index (χ1) is 10.2. The van der Waals surface area contributed by atoms with Gasteiger partial charge in [0.25, 0.3) is 5.91 Å². The molecule has 0 fully saturated rings. The molecule has 0 saturated heterocycles. The van der Waals surface area contributed by atoms with E-state index in [1.165, 1.54) is 11.3 Å². The second kappa shape index (κ2) is 5.69. The molecule has 2 heterocycles. The molecule has 0 bridgehead atoms. The van der Waals surface area contributed by atoms with Crippen molar-refractivity contribution in [1.29, 1.82) is 0 Å². The fourth-order valence-electron chi connectivity index (χ4n) is 2.41. The third-order valence-corrected chi connectivity index (χ3v) is 4.44. The van der Waals surface area contributed by atoms with Crippen molar-refractivity contribution in [1.82, 2.24) is 14.9 Å². The van der Waals surface area contributed by atoms with E-state index in [0.717, 1.165) is 33.2 Å². The van der Waals surface area contributed by atoms with Crippen LogP contribution in [0.3, 0.4) is 0 Å². The van der Waals surface area contributed by atoms with Gasteiger partial charge in [0.05, 0.1) is 20.8 Å².